The minimum absolute atomic E-state index is 0.0781. The van der Waals surface area contributed by atoms with Gasteiger partial charge in [0.2, 0.25) is 0 Å². The molecule has 1 rings (SSSR count). The Labute approximate surface area is 106 Å². The van der Waals surface area contributed by atoms with Crippen LogP contribution in [-0.4, -0.2) is 7.47 Å². The highest BCUT2D eigenvalue weighted by molar-refractivity contribution is 9.25. The van der Waals surface area contributed by atoms with Crippen LogP contribution >= 0.6 is 63.7 Å². The molecule has 0 saturated carbocycles. The molecule has 0 aromatic heterocycles. The zero-order valence-electron chi connectivity index (χ0n) is 6.18. The molecule has 0 nitrogen and oxygen atoms in total. The highest BCUT2D eigenvalue weighted by atomic mass is 79.9. The van der Waals surface area contributed by atoms with E-state index in [0.29, 0.717) is 0 Å². The highest BCUT2D eigenvalue weighted by Gasteiger charge is 2.38. The zero-order chi connectivity index (χ0) is 9.19. The largest absolute Gasteiger partial charge is 0.0835 e. The van der Waals surface area contributed by atoms with Crippen LogP contribution in [-0.2, 0) is 0 Å². The van der Waals surface area contributed by atoms with Gasteiger partial charge in [-0.1, -0.05) is 88.0 Å². The molecule has 0 N–H and O–H groups in total. The van der Waals surface area contributed by atoms with E-state index in [1.54, 1.807) is 0 Å². The molecule has 0 aliphatic heterocycles. The van der Waals surface area contributed by atoms with Crippen molar-refractivity contribution in [2.24, 2.45) is 5.41 Å². The Kier molecular flexibility index (Phi) is 4.55. The Morgan fingerprint density at radius 3 is 1.83 bits per heavy atom. The number of hydrogen-bond acceptors (Lipinski definition) is 0. The van der Waals surface area contributed by atoms with Crippen LogP contribution in [0.2, 0.25) is 0 Å². The van der Waals surface area contributed by atoms with Gasteiger partial charge in [0.1, 0.15) is 0 Å². The van der Waals surface area contributed by atoms with E-state index in [0.717, 1.165) is 6.42 Å². The Bertz CT molecular complexity index is 197. The van der Waals surface area contributed by atoms with E-state index in [-0.39, 0.29) is 12.9 Å². The third-order valence-electron chi connectivity index (χ3n) is 1.94. The van der Waals surface area contributed by atoms with Crippen LogP contribution in [0.1, 0.15) is 6.42 Å². The number of alkyl halides is 4. The molecule has 0 heterocycles. The van der Waals surface area contributed by atoms with Gasteiger partial charge < -0.3 is 0 Å². The van der Waals surface area contributed by atoms with Crippen molar-refractivity contribution in [3.05, 3.63) is 24.3 Å². The van der Waals surface area contributed by atoms with Crippen LogP contribution in [0.5, 0.6) is 0 Å². The highest BCUT2D eigenvalue weighted by Crippen LogP contribution is 2.47. The molecule has 0 unspecified atom stereocenters. The third-order valence-corrected chi connectivity index (χ3v) is 5.35. The first-order valence-corrected chi connectivity index (χ1v) is 7.16. The number of allylic oxidation sites excluding steroid dienone is 4. The summed E-state index contributed by atoms with van der Waals surface area (Å²) in [5.74, 6) is 0. The summed E-state index contributed by atoms with van der Waals surface area (Å²) >= 11 is 14.3. The van der Waals surface area contributed by atoms with Gasteiger partial charge in [0.25, 0.3) is 0 Å². The second-order valence-corrected chi connectivity index (χ2v) is 8.83. The van der Waals surface area contributed by atoms with Gasteiger partial charge in [0, 0.05) is 5.41 Å². The predicted octanol–water partition coefficient (Wildman–Crippen LogP) is 4.72. The van der Waals surface area contributed by atoms with Crippen LogP contribution in [0.15, 0.2) is 24.3 Å². The molecule has 4 heteroatoms. The summed E-state index contributed by atoms with van der Waals surface area (Å²) in [4.78, 5) is 0. The summed E-state index contributed by atoms with van der Waals surface area (Å²) in [7, 11) is 0. The average molecular weight is 424 g/mol. The fraction of sp³-hybridized carbons (Fsp3) is 0.500. The first-order valence-electron chi connectivity index (χ1n) is 3.50. The van der Waals surface area contributed by atoms with E-state index in [2.05, 4.69) is 88.0 Å². The van der Waals surface area contributed by atoms with Gasteiger partial charge in [-0.15, -0.1) is 0 Å². The van der Waals surface area contributed by atoms with E-state index < -0.39 is 0 Å². The maximum atomic E-state index is 3.57. The second-order valence-electron chi connectivity index (χ2n) is 2.71. The van der Waals surface area contributed by atoms with Crippen LogP contribution in [0, 0.1) is 5.41 Å². The van der Waals surface area contributed by atoms with Crippen LogP contribution in [0.3, 0.4) is 0 Å². The van der Waals surface area contributed by atoms with Crippen molar-refractivity contribution in [2.45, 2.75) is 13.9 Å². The lowest BCUT2D eigenvalue weighted by Gasteiger charge is -2.34. The minimum Gasteiger partial charge on any atom is -0.0835 e. The molecule has 1 aliphatic rings. The molecule has 12 heavy (non-hydrogen) atoms. The molecule has 0 saturated heterocycles. The van der Waals surface area contributed by atoms with E-state index in [1.807, 2.05) is 0 Å². The van der Waals surface area contributed by atoms with Crippen molar-refractivity contribution in [1.29, 1.82) is 0 Å². The van der Waals surface area contributed by atoms with Gasteiger partial charge in [-0.25, -0.2) is 0 Å². The monoisotopic (exact) mass is 420 g/mol. The predicted molar refractivity (Wildman–Crippen MR) is 68.6 cm³/mol. The van der Waals surface area contributed by atoms with E-state index in [4.69, 9.17) is 0 Å². The topological polar surface area (TPSA) is 0 Å². The Morgan fingerprint density at radius 1 is 1.00 bits per heavy atom. The summed E-state index contributed by atoms with van der Waals surface area (Å²) in [6.07, 6.45) is 9.55. The maximum Gasteiger partial charge on any atom is 0.0810 e. The van der Waals surface area contributed by atoms with Crippen molar-refractivity contribution < 1.29 is 0 Å². The molecule has 0 atom stereocenters. The molecule has 0 radical (unpaired) electrons. The minimum atomic E-state index is 0.0781. The van der Waals surface area contributed by atoms with Crippen molar-refractivity contribution in [1.82, 2.24) is 0 Å². The molecule has 0 amide bonds. The average Bonchev–Trinajstić information content (AvgIpc) is 2.05. The van der Waals surface area contributed by atoms with Crippen molar-refractivity contribution >= 4 is 63.7 Å². The number of hydrogen-bond donors (Lipinski definition) is 0. The van der Waals surface area contributed by atoms with E-state index >= 15 is 0 Å². The van der Waals surface area contributed by atoms with Crippen LogP contribution < -0.4 is 0 Å². The first-order chi connectivity index (χ1) is 5.59. The summed E-state index contributed by atoms with van der Waals surface area (Å²) in [5, 5.41) is 0. The molecule has 0 aromatic rings. The quantitative estimate of drug-likeness (QED) is 0.564. The fourth-order valence-electron chi connectivity index (χ4n) is 1.07. The van der Waals surface area contributed by atoms with Crippen LogP contribution in [0.25, 0.3) is 0 Å². The summed E-state index contributed by atoms with van der Waals surface area (Å²) in [6, 6.07) is 0. The molecule has 0 aromatic carbocycles. The lowest BCUT2D eigenvalue weighted by molar-refractivity contribution is 0.482. The van der Waals surface area contributed by atoms with E-state index in [9.17, 15) is 0 Å². The van der Waals surface area contributed by atoms with E-state index in [1.165, 1.54) is 0 Å². The molecular formula is C8H8Br4. The van der Waals surface area contributed by atoms with Crippen molar-refractivity contribution in [2.75, 3.05) is 0 Å². The molecular weight excluding hydrogens is 416 g/mol. The third kappa shape index (κ3) is 2.25. The summed E-state index contributed by atoms with van der Waals surface area (Å²) in [5.41, 5.74) is 0.0781. The molecule has 68 valence electrons. The molecule has 0 spiro atoms. The maximum absolute atomic E-state index is 3.57. The van der Waals surface area contributed by atoms with Crippen LogP contribution in [0.4, 0.5) is 0 Å². The Morgan fingerprint density at radius 2 is 1.58 bits per heavy atom. The van der Waals surface area contributed by atoms with Gasteiger partial charge in [-0.05, 0) is 6.42 Å². The summed E-state index contributed by atoms with van der Waals surface area (Å²) in [6.45, 7) is 0. The van der Waals surface area contributed by atoms with Gasteiger partial charge in [-0.2, -0.15) is 0 Å². The zero-order valence-corrected chi connectivity index (χ0v) is 12.5. The SMILES string of the molecule is BrC(Br)C1(C(Br)Br)C=CC=CC1. The standard InChI is InChI=1S/C8H8Br4/c9-6(10)8(7(11)12)4-2-1-3-5-8/h1-4,6-7H,5H2. The second kappa shape index (κ2) is 4.76. The van der Waals surface area contributed by atoms with Gasteiger partial charge >= 0.3 is 0 Å². The smallest absolute Gasteiger partial charge is 0.0810 e. The lowest BCUT2D eigenvalue weighted by Crippen LogP contribution is -2.32. The normalized spacial score (nSPS) is 20.8. The van der Waals surface area contributed by atoms with Crippen molar-refractivity contribution in [3.8, 4) is 0 Å². The lowest BCUT2D eigenvalue weighted by atomic mass is 9.86. The fourth-order valence-corrected chi connectivity index (χ4v) is 4.91. The number of halogens is 4. The Hall–Kier alpha value is 1.40. The molecule has 0 bridgehead atoms. The first kappa shape index (κ1) is 11.5. The number of rotatable bonds is 2. The Balaban J connectivity index is 2.88. The van der Waals surface area contributed by atoms with Crippen molar-refractivity contribution in [3.63, 3.8) is 0 Å². The molecule has 1 aliphatic carbocycles. The summed E-state index contributed by atoms with van der Waals surface area (Å²) < 4.78 is 0.532. The van der Waals surface area contributed by atoms with Gasteiger partial charge in [-0.3, -0.25) is 0 Å². The van der Waals surface area contributed by atoms with Gasteiger partial charge in [0.05, 0.1) is 7.47 Å². The van der Waals surface area contributed by atoms with Gasteiger partial charge in [0.15, 0.2) is 0 Å². The molecule has 0 fully saturated rings.